The van der Waals surface area contributed by atoms with Gasteiger partial charge in [-0.1, -0.05) is 17.7 Å². The lowest BCUT2D eigenvalue weighted by molar-refractivity contribution is -0.0360. The van der Waals surface area contributed by atoms with Crippen LogP contribution in [0.2, 0.25) is 5.02 Å². The zero-order valence-electron chi connectivity index (χ0n) is 20.5. The second-order valence-electron chi connectivity index (χ2n) is 9.47. The standard InChI is InChI=1S/C24H28ClN5O5S/c1-14(21(35-4)22-26-11-16(25)12-27-22)36(31,32)13-19-28-29-23(24-8-15(9-24)10-24)30(19)20-17(33-2)6-5-7-18(20)34-3/h5-7,11-12,14-15,21H,8-10,13H2,1-4H3/t14-,15?,21-,24?/m0/s1. The average molecular weight is 534 g/mol. The number of para-hydroxylation sites is 1. The van der Waals surface area contributed by atoms with Crippen LogP contribution in [-0.2, 0) is 25.7 Å². The van der Waals surface area contributed by atoms with E-state index in [0.29, 0.717) is 28.1 Å². The van der Waals surface area contributed by atoms with Crippen molar-refractivity contribution in [3.8, 4) is 17.2 Å². The number of methoxy groups -OCH3 is 3. The summed E-state index contributed by atoms with van der Waals surface area (Å²) in [7, 11) is 0.758. The third kappa shape index (κ3) is 4.03. The van der Waals surface area contributed by atoms with Crippen molar-refractivity contribution in [2.24, 2.45) is 5.92 Å². The van der Waals surface area contributed by atoms with Crippen LogP contribution in [0.5, 0.6) is 11.5 Å². The molecular weight excluding hydrogens is 506 g/mol. The molecule has 3 saturated carbocycles. The predicted octanol–water partition coefficient (Wildman–Crippen LogP) is 3.47. The number of sulfone groups is 1. The summed E-state index contributed by atoms with van der Waals surface area (Å²) in [6, 6.07) is 5.44. The molecule has 0 radical (unpaired) electrons. The average Bonchev–Trinajstić information content (AvgIpc) is 3.19. The number of hydrogen-bond donors (Lipinski definition) is 0. The molecule has 2 heterocycles. The lowest BCUT2D eigenvalue weighted by Gasteiger charge is -2.60. The maximum Gasteiger partial charge on any atom is 0.163 e. The van der Waals surface area contributed by atoms with Gasteiger partial charge in [0.15, 0.2) is 21.5 Å². The molecule has 1 aromatic carbocycles. The molecule has 12 heteroatoms. The van der Waals surface area contributed by atoms with Gasteiger partial charge >= 0.3 is 0 Å². The van der Waals surface area contributed by atoms with Gasteiger partial charge in [-0.3, -0.25) is 4.57 Å². The fourth-order valence-corrected chi connectivity index (χ4v) is 6.79. The normalized spacial score (nSPS) is 22.3. The number of nitrogens with zero attached hydrogens (tertiary/aromatic N) is 5. The Kier molecular flexibility index (Phi) is 6.42. The van der Waals surface area contributed by atoms with Crippen LogP contribution in [0.3, 0.4) is 0 Å². The molecule has 36 heavy (non-hydrogen) atoms. The summed E-state index contributed by atoms with van der Waals surface area (Å²) >= 11 is 5.90. The molecule has 3 aromatic rings. The number of rotatable bonds is 10. The first-order valence-corrected chi connectivity index (χ1v) is 13.7. The molecule has 10 nitrogen and oxygen atoms in total. The zero-order chi connectivity index (χ0) is 25.7. The number of hydrogen-bond acceptors (Lipinski definition) is 9. The van der Waals surface area contributed by atoms with E-state index in [9.17, 15) is 8.42 Å². The molecule has 3 aliphatic rings. The van der Waals surface area contributed by atoms with Gasteiger partial charge in [-0.05, 0) is 44.2 Å². The fraction of sp³-hybridized carbons (Fsp3) is 0.500. The monoisotopic (exact) mass is 533 g/mol. The molecule has 192 valence electrons. The Morgan fingerprint density at radius 1 is 1.08 bits per heavy atom. The molecule has 2 aromatic heterocycles. The Morgan fingerprint density at radius 2 is 1.69 bits per heavy atom. The molecule has 0 aliphatic heterocycles. The molecule has 0 N–H and O–H groups in total. The first kappa shape index (κ1) is 24.9. The first-order chi connectivity index (χ1) is 17.2. The van der Waals surface area contributed by atoms with Crippen LogP contribution in [0, 0.1) is 5.92 Å². The first-order valence-electron chi connectivity index (χ1n) is 11.6. The van der Waals surface area contributed by atoms with Gasteiger partial charge in [0.1, 0.15) is 34.9 Å². The summed E-state index contributed by atoms with van der Waals surface area (Å²) in [5.41, 5.74) is 0.498. The molecule has 3 aliphatic carbocycles. The van der Waals surface area contributed by atoms with Crippen LogP contribution in [0.4, 0.5) is 0 Å². The van der Waals surface area contributed by atoms with Crippen LogP contribution in [0.15, 0.2) is 30.6 Å². The van der Waals surface area contributed by atoms with E-state index >= 15 is 0 Å². The van der Waals surface area contributed by atoms with Gasteiger partial charge in [-0.25, -0.2) is 18.4 Å². The molecule has 0 amide bonds. The Morgan fingerprint density at radius 3 is 2.19 bits per heavy atom. The largest absolute Gasteiger partial charge is 0.494 e. The van der Waals surface area contributed by atoms with E-state index in [1.807, 2.05) is 22.8 Å². The molecule has 0 saturated heterocycles. The summed E-state index contributed by atoms with van der Waals surface area (Å²) in [5.74, 6) is 2.68. The predicted molar refractivity (Wildman–Crippen MR) is 132 cm³/mol. The van der Waals surface area contributed by atoms with E-state index in [0.717, 1.165) is 25.1 Å². The lowest BCUT2D eigenvalue weighted by atomic mass is 9.44. The van der Waals surface area contributed by atoms with E-state index in [1.54, 1.807) is 21.1 Å². The van der Waals surface area contributed by atoms with Crippen molar-refractivity contribution >= 4 is 21.4 Å². The van der Waals surface area contributed by atoms with Gasteiger partial charge in [-0.2, -0.15) is 0 Å². The van der Waals surface area contributed by atoms with E-state index in [-0.39, 0.29) is 22.8 Å². The number of ether oxygens (including phenoxy) is 3. The highest BCUT2D eigenvalue weighted by Crippen LogP contribution is 2.65. The smallest absolute Gasteiger partial charge is 0.163 e. The Labute approximate surface area is 214 Å². The van der Waals surface area contributed by atoms with Crippen LogP contribution < -0.4 is 9.47 Å². The van der Waals surface area contributed by atoms with E-state index in [4.69, 9.17) is 25.8 Å². The zero-order valence-corrected chi connectivity index (χ0v) is 22.1. The van der Waals surface area contributed by atoms with E-state index in [1.165, 1.54) is 19.5 Å². The topological polar surface area (TPSA) is 118 Å². The quantitative estimate of drug-likeness (QED) is 0.386. The lowest BCUT2D eigenvalue weighted by Crippen LogP contribution is -2.56. The van der Waals surface area contributed by atoms with Crippen LogP contribution in [-0.4, -0.2) is 59.7 Å². The SMILES string of the molecule is COc1cccc(OC)c1-n1c(CS(=O)(=O)[C@@H](C)[C@H](OC)c2ncc(Cl)cn2)nnc1C12CC(C1)C2. The Bertz CT molecular complexity index is 1340. The van der Waals surface area contributed by atoms with Crippen molar-refractivity contribution in [1.29, 1.82) is 0 Å². The molecule has 2 atom stereocenters. The molecule has 2 bridgehead atoms. The third-order valence-corrected chi connectivity index (χ3v) is 9.58. The number of aromatic nitrogens is 5. The summed E-state index contributed by atoms with van der Waals surface area (Å²) in [6.45, 7) is 1.58. The van der Waals surface area contributed by atoms with Gasteiger partial charge in [0, 0.05) is 24.9 Å². The van der Waals surface area contributed by atoms with Crippen molar-refractivity contribution in [3.05, 3.63) is 53.1 Å². The van der Waals surface area contributed by atoms with Crippen LogP contribution in [0.1, 0.15) is 49.8 Å². The maximum atomic E-state index is 13.7. The highest BCUT2D eigenvalue weighted by Gasteiger charge is 2.60. The summed E-state index contributed by atoms with van der Waals surface area (Å²) in [5, 5.41) is 8.29. The Hall–Kier alpha value is -2.76. The molecular formula is C24H28ClN5O5S. The van der Waals surface area contributed by atoms with E-state index in [2.05, 4.69) is 20.2 Å². The van der Waals surface area contributed by atoms with Crippen molar-refractivity contribution < 1.29 is 22.6 Å². The highest BCUT2D eigenvalue weighted by atomic mass is 35.5. The fourth-order valence-electron chi connectivity index (χ4n) is 5.27. The minimum atomic E-state index is -3.80. The van der Waals surface area contributed by atoms with Crippen molar-refractivity contribution in [3.63, 3.8) is 0 Å². The minimum Gasteiger partial charge on any atom is -0.494 e. The second kappa shape index (κ2) is 9.28. The van der Waals surface area contributed by atoms with Gasteiger partial charge in [0.05, 0.1) is 24.5 Å². The third-order valence-electron chi connectivity index (χ3n) is 7.34. The van der Waals surface area contributed by atoms with Crippen molar-refractivity contribution in [1.82, 2.24) is 24.7 Å². The number of benzene rings is 1. The van der Waals surface area contributed by atoms with Crippen molar-refractivity contribution in [2.75, 3.05) is 21.3 Å². The van der Waals surface area contributed by atoms with Gasteiger partial charge in [0.2, 0.25) is 0 Å². The van der Waals surface area contributed by atoms with Gasteiger partial charge in [-0.15, -0.1) is 10.2 Å². The van der Waals surface area contributed by atoms with Crippen LogP contribution in [0.25, 0.3) is 5.69 Å². The molecule has 0 unspecified atom stereocenters. The molecule has 3 fully saturated rings. The maximum absolute atomic E-state index is 13.7. The summed E-state index contributed by atoms with van der Waals surface area (Å²) in [4.78, 5) is 8.33. The summed E-state index contributed by atoms with van der Waals surface area (Å²) < 4.78 is 46.0. The molecule has 0 spiro atoms. The Balaban J connectivity index is 1.56. The van der Waals surface area contributed by atoms with E-state index < -0.39 is 21.2 Å². The van der Waals surface area contributed by atoms with Gasteiger partial charge in [0.25, 0.3) is 0 Å². The molecule has 6 rings (SSSR count). The summed E-state index contributed by atoms with van der Waals surface area (Å²) in [6.07, 6.45) is 5.00. The number of halogens is 1. The highest BCUT2D eigenvalue weighted by molar-refractivity contribution is 7.91. The van der Waals surface area contributed by atoms with Crippen LogP contribution >= 0.6 is 11.6 Å². The minimum absolute atomic E-state index is 0.0939. The van der Waals surface area contributed by atoms with Crippen molar-refractivity contribution in [2.45, 2.75) is 48.7 Å². The second-order valence-corrected chi connectivity index (χ2v) is 12.3. The van der Waals surface area contributed by atoms with Gasteiger partial charge < -0.3 is 14.2 Å².